The first-order valence-corrected chi connectivity index (χ1v) is 6.65. The number of hydrogen-bond donors (Lipinski definition) is 1. The molecule has 6 heteroatoms. The van der Waals surface area contributed by atoms with Gasteiger partial charge >= 0.3 is 5.69 Å². The van der Waals surface area contributed by atoms with E-state index in [0.29, 0.717) is 31.6 Å². The first-order chi connectivity index (χ1) is 10.2. The van der Waals surface area contributed by atoms with Crippen LogP contribution in [-0.4, -0.2) is 15.7 Å². The van der Waals surface area contributed by atoms with E-state index in [2.05, 4.69) is 6.07 Å². The molecule has 0 aliphatic heterocycles. The molecule has 1 aromatic carbocycles. The fourth-order valence-corrected chi connectivity index (χ4v) is 2.07. The number of nitrogens with zero attached hydrogens (tertiary/aromatic N) is 3. The van der Waals surface area contributed by atoms with Crippen molar-refractivity contribution >= 4 is 0 Å². The van der Waals surface area contributed by atoms with Crippen LogP contribution in [-0.2, 0) is 13.1 Å². The van der Waals surface area contributed by atoms with Gasteiger partial charge in [-0.25, -0.2) is 4.79 Å². The van der Waals surface area contributed by atoms with Gasteiger partial charge in [0.2, 0.25) is 0 Å². The Bertz CT molecular complexity index is 783. The number of nitriles is 1. The average molecular weight is 284 g/mol. The lowest BCUT2D eigenvalue weighted by molar-refractivity contribution is 0.554. The van der Waals surface area contributed by atoms with Crippen LogP contribution in [0.15, 0.2) is 46.1 Å². The van der Waals surface area contributed by atoms with Crippen molar-refractivity contribution < 1.29 is 0 Å². The van der Waals surface area contributed by atoms with Gasteiger partial charge in [0.25, 0.3) is 5.56 Å². The minimum atomic E-state index is -0.363. The molecule has 1 heterocycles. The van der Waals surface area contributed by atoms with Crippen molar-refractivity contribution in [3.63, 3.8) is 0 Å². The van der Waals surface area contributed by atoms with E-state index >= 15 is 0 Å². The lowest BCUT2D eigenvalue weighted by Gasteiger charge is -2.09. The monoisotopic (exact) mass is 284 g/mol. The van der Waals surface area contributed by atoms with Crippen LogP contribution in [0.1, 0.15) is 17.5 Å². The molecule has 0 radical (unpaired) electrons. The molecule has 0 unspecified atom stereocenters. The number of benzene rings is 1. The topological polar surface area (TPSA) is 93.8 Å². The number of rotatable bonds is 5. The van der Waals surface area contributed by atoms with Crippen LogP contribution in [0.4, 0.5) is 0 Å². The van der Waals surface area contributed by atoms with Gasteiger partial charge in [-0.05, 0) is 30.7 Å². The van der Waals surface area contributed by atoms with Crippen molar-refractivity contribution in [1.29, 1.82) is 5.26 Å². The number of hydrogen-bond acceptors (Lipinski definition) is 4. The summed E-state index contributed by atoms with van der Waals surface area (Å²) in [5.74, 6) is 0. The zero-order valence-corrected chi connectivity index (χ0v) is 11.5. The summed E-state index contributed by atoms with van der Waals surface area (Å²) in [4.78, 5) is 24.0. The predicted molar refractivity (Wildman–Crippen MR) is 78.9 cm³/mol. The molecular formula is C15H16N4O2. The van der Waals surface area contributed by atoms with E-state index in [4.69, 9.17) is 11.0 Å². The third-order valence-electron chi connectivity index (χ3n) is 3.13. The Kier molecular flexibility index (Phi) is 4.69. The van der Waals surface area contributed by atoms with E-state index in [1.54, 1.807) is 18.2 Å². The molecule has 21 heavy (non-hydrogen) atoms. The minimum absolute atomic E-state index is 0.313. The first kappa shape index (κ1) is 14.8. The number of nitrogens with two attached hydrogens (primary N) is 1. The first-order valence-electron chi connectivity index (χ1n) is 6.65. The molecule has 0 saturated heterocycles. The molecule has 0 amide bonds. The molecular weight excluding hydrogens is 268 g/mol. The molecule has 0 fully saturated rings. The Balaban J connectivity index is 2.34. The second-order valence-electron chi connectivity index (χ2n) is 4.67. The van der Waals surface area contributed by atoms with Crippen LogP contribution in [0.2, 0.25) is 0 Å². The average Bonchev–Trinajstić information content (AvgIpc) is 2.50. The summed E-state index contributed by atoms with van der Waals surface area (Å²) < 4.78 is 2.63. The van der Waals surface area contributed by atoms with E-state index in [9.17, 15) is 9.59 Å². The maximum Gasteiger partial charge on any atom is 0.331 e. The van der Waals surface area contributed by atoms with Gasteiger partial charge in [0, 0.05) is 18.8 Å². The van der Waals surface area contributed by atoms with E-state index in [-0.39, 0.29) is 11.2 Å². The standard InChI is InChI=1S/C15H16N4O2/c16-6-2-7-19-14(20)5-8-18(15(19)21)11-13-4-1-3-12(9-13)10-17/h1,3-5,8-9H,2,6-7,11,16H2. The van der Waals surface area contributed by atoms with Crippen molar-refractivity contribution in [2.45, 2.75) is 19.5 Å². The molecule has 0 saturated carbocycles. The van der Waals surface area contributed by atoms with Gasteiger partial charge in [-0.15, -0.1) is 0 Å². The summed E-state index contributed by atoms with van der Waals surface area (Å²) in [6.07, 6.45) is 2.05. The van der Waals surface area contributed by atoms with Crippen LogP contribution in [0, 0.1) is 11.3 Å². The van der Waals surface area contributed by atoms with Crippen molar-refractivity contribution in [3.8, 4) is 6.07 Å². The van der Waals surface area contributed by atoms with Gasteiger partial charge in [-0.3, -0.25) is 13.9 Å². The maximum absolute atomic E-state index is 12.3. The highest BCUT2D eigenvalue weighted by Gasteiger charge is 2.05. The van der Waals surface area contributed by atoms with Crippen LogP contribution in [0.25, 0.3) is 0 Å². The quantitative estimate of drug-likeness (QED) is 0.853. The van der Waals surface area contributed by atoms with Crippen molar-refractivity contribution in [2.24, 2.45) is 5.73 Å². The summed E-state index contributed by atoms with van der Waals surface area (Å²) in [7, 11) is 0. The van der Waals surface area contributed by atoms with Crippen molar-refractivity contribution in [2.75, 3.05) is 6.54 Å². The van der Waals surface area contributed by atoms with Crippen LogP contribution in [0.5, 0.6) is 0 Å². The normalized spacial score (nSPS) is 10.3. The van der Waals surface area contributed by atoms with Crippen LogP contribution in [0.3, 0.4) is 0 Å². The highest BCUT2D eigenvalue weighted by Crippen LogP contribution is 2.05. The third kappa shape index (κ3) is 3.46. The Morgan fingerprint density at radius 1 is 1.24 bits per heavy atom. The van der Waals surface area contributed by atoms with Gasteiger partial charge in [-0.1, -0.05) is 12.1 Å². The molecule has 0 spiro atoms. The molecule has 0 aliphatic carbocycles. The van der Waals surface area contributed by atoms with Gasteiger partial charge in [0.05, 0.1) is 18.2 Å². The highest BCUT2D eigenvalue weighted by atomic mass is 16.2. The fourth-order valence-electron chi connectivity index (χ4n) is 2.07. The van der Waals surface area contributed by atoms with Crippen molar-refractivity contribution in [1.82, 2.24) is 9.13 Å². The Labute approximate surface area is 121 Å². The summed E-state index contributed by atoms with van der Waals surface area (Å²) in [5.41, 5.74) is 6.10. The summed E-state index contributed by atoms with van der Waals surface area (Å²) in [6.45, 7) is 1.05. The molecule has 1 aromatic heterocycles. The van der Waals surface area contributed by atoms with Crippen LogP contribution < -0.4 is 17.0 Å². The van der Waals surface area contributed by atoms with Gasteiger partial charge in [-0.2, -0.15) is 5.26 Å². The van der Waals surface area contributed by atoms with Gasteiger partial charge < -0.3 is 5.73 Å². The molecule has 108 valence electrons. The largest absolute Gasteiger partial charge is 0.331 e. The Morgan fingerprint density at radius 3 is 2.76 bits per heavy atom. The SMILES string of the molecule is N#Cc1cccc(Cn2ccc(=O)n(CCCN)c2=O)c1. The van der Waals surface area contributed by atoms with E-state index in [1.165, 1.54) is 21.4 Å². The fraction of sp³-hybridized carbons (Fsp3) is 0.267. The van der Waals surface area contributed by atoms with Crippen LogP contribution >= 0.6 is 0 Å². The van der Waals surface area contributed by atoms with E-state index < -0.39 is 0 Å². The summed E-state index contributed by atoms with van der Waals surface area (Å²) in [5, 5.41) is 8.88. The Morgan fingerprint density at radius 2 is 2.05 bits per heavy atom. The minimum Gasteiger partial charge on any atom is -0.330 e. The van der Waals surface area contributed by atoms with Crippen molar-refractivity contribution in [3.05, 3.63) is 68.5 Å². The maximum atomic E-state index is 12.3. The zero-order valence-electron chi connectivity index (χ0n) is 11.5. The van der Waals surface area contributed by atoms with E-state index in [0.717, 1.165) is 5.56 Å². The highest BCUT2D eigenvalue weighted by molar-refractivity contribution is 5.32. The molecule has 2 N–H and O–H groups in total. The second-order valence-corrected chi connectivity index (χ2v) is 4.67. The second kappa shape index (κ2) is 6.68. The zero-order chi connectivity index (χ0) is 15.2. The third-order valence-corrected chi connectivity index (χ3v) is 3.13. The summed E-state index contributed by atoms with van der Waals surface area (Å²) >= 11 is 0. The predicted octanol–water partition coefficient (Wildman–Crippen LogP) is 0.279. The summed E-state index contributed by atoms with van der Waals surface area (Å²) in [6, 6.07) is 10.5. The molecule has 6 nitrogen and oxygen atoms in total. The number of aromatic nitrogens is 2. The van der Waals surface area contributed by atoms with Gasteiger partial charge in [0.15, 0.2) is 0 Å². The Hall–Kier alpha value is -2.65. The molecule has 2 aromatic rings. The lowest BCUT2D eigenvalue weighted by Crippen LogP contribution is -2.39. The van der Waals surface area contributed by atoms with E-state index in [1.807, 2.05) is 6.07 Å². The molecule has 0 atom stereocenters. The lowest BCUT2D eigenvalue weighted by atomic mass is 10.1. The smallest absolute Gasteiger partial charge is 0.330 e. The molecule has 0 bridgehead atoms. The molecule has 0 aliphatic rings. The molecule has 2 rings (SSSR count). The van der Waals surface area contributed by atoms with Gasteiger partial charge in [0.1, 0.15) is 0 Å².